The Balaban J connectivity index is 2.18. The monoisotopic (exact) mass is 434 g/mol. The van der Waals surface area contributed by atoms with Gasteiger partial charge in [0.25, 0.3) is 0 Å². The number of aromatic nitrogens is 2. The number of rotatable bonds is 1. The van der Waals surface area contributed by atoms with E-state index in [0.717, 1.165) is 17.5 Å². The van der Waals surface area contributed by atoms with E-state index in [1.807, 2.05) is 0 Å². The molecule has 29 heavy (non-hydrogen) atoms. The number of hydrogen-bond donors (Lipinski definition) is 0. The average molecular weight is 434 g/mol. The summed E-state index contributed by atoms with van der Waals surface area (Å²) in [4.78, 5) is 0.165. The van der Waals surface area contributed by atoms with Crippen LogP contribution in [0.5, 0.6) is 0 Å². The average Bonchev–Trinajstić information content (AvgIpc) is 3.02. The maximum absolute atomic E-state index is 14.8. The van der Waals surface area contributed by atoms with Crippen molar-refractivity contribution in [1.82, 2.24) is 10.2 Å². The Morgan fingerprint density at radius 1 is 0.828 bits per heavy atom. The number of thiophene rings is 1. The molecule has 2 heterocycles. The standard InChI is InChI=1S/C18H6F8N2S/c19-14-11-8(10-5-7-3-1-2-4-9(7)29-10)6-27-28-16(11)13(18(24,25)26)15(20)12(14)17(21,22)23/h1-6H. The summed E-state index contributed by atoms with van der Waals surface area (Å²) in [5, 5.41) is 6.02. The molecule has 0 spiro atoms. The molecule has 0 saturated heterocycles. The molecule has 0 amide bonds. The van der Waals surface area contributed by atoms with E-state index in [-0.39, 0.29) is 10.4 Å². The highest BCUT2D eigenvalue weighted by molar-refractivity contribution is 7.22. The lowest BCUT2D eigenvalue weighted by molar-refractivity contribution is -0.148. The van der Waals surface area contributed by atoms with Crippen molar-refractivity contribution in [3.8, 4) is 10.4 Å². The number of nitrogens with zero attached hydrogens (tertiary/aromatic N) is 2. The van der Waals surface area contributed by atoms with Crippen molar-refractivity contribution in [3.05, 3.63) is 59.3 Å². The molecule has 150 valence electrons. The van der Waals surface area contributed by atoms with Crippen molar-refractivity contribution in [2.24, 2.45) is 0 Å². The molecule has 4 rings (SSSR count). The summed E-state index contributed by atoms with van der Waals surface area (Å²) in [5.41, 5.74) is -6.59. The molecule has 11 heteroatoms. The van der Waals surface area contributed by atoms with Crippen LogP contribution in [0, 0.1) is 11.6 Å². The van der Waals surface area contributed by atoms with Crippen LogP contribution in [-0.2, 0) is 12.4 Å². The van der Waals surface area contributed by atoms with Crippen LogP contribution in [0.4, 0.5) is 35.1 Å². The Hall–Kier alpha value is -2.82. The van der Waals surface area contributed by atoms with Gasteiger partial charge in [-0.2, -0.15) is 31.4 Å². The lowest BCUT2D eigenvalue weighted by atomic mass is 9.99. The van der Waals surface area contributed by atoms with Gasteiger partial charge in [0.2, 0.25) is 0 Å². The summed E-state index contributed by atoms with van der Waals surface area (Å²) in [6.45, 7) is 0. The summed E-state index contributed by atoms with van der Waals surface area (Å²) >= 11 is 1.01. The summed E-state index contributed by atoms with van der Waals surface area (Å²) < 4.78 is 110. The van der Waals surface area contributed by atoms with E-state index in [9.17, 15) is 35.1 Å². The van der Waals surface area contributed by atoms with Crippen LogP contribution in [0.25, 0.3) is 31.4 Å². The minimum absolute atomic E-state index is 0.165. The second-order valence-corrected chi connectivity index (χ2v) is 7.09. The molecule has 0 bridgehead atoms. The third kappa shape index (κ3) is 3.09. The van der Waals surface area contributed by atoms with Crippen LogP contribution in [0.15, 0.2) is 36.5 Å². The molecule has 0 aliphatic rings. The van der Waals surface area contributed by atoms with E-state index in [1.165, 1.54) is 6.07 Å². The second-order valence-electron chi connectivity index (χ2n) is 6.00. The van der Waals surface area contributed by atoms with Gasteiger partial charge in [0.1, 0.15) is 22.5 Å². The van der Waals surface area contributed by atoms with E-state index >= 15 is 0 Å². The largest absolute Gasteiger partial charge is 0.422 e. The summed E-state index contributed by atoms with van der Waals surface area (Å²) in [5.74, 6) is -4.93. The zero-order chi connectivity index (χ0) is 21.1. The fraction of sp³-hybridized carbons (Fsp3) is 0.111. The van der Waals surface area contributed by atoms with Gasteiger partial charge in [0.05, 0.1) is 6.20 Å². The van der Waals surface area contributed by atoms with Crippen molar-refractivity contribution in [3.63, 3.8) is 0 Å². The van der Waals surface area contributed by atoms with Crippen LogP contribution in [-0.4, -0.2) is 10.2 Å². The van der Waals surface area contributed by atoms with E-state index in [0.29, 0.717) is 10.1 Å². The van der Waals surface area contributed by atoms with Gasteiger partial charge >= 0.3 is 12.4 Å². The predicted molar refractivity (Wildman–Crippen MR) is 90.3 cm³/mol. The molecule has 0 fully saturated rings. The number of hydrogen-bond acceptors (Lipinski definition) is 3. The van der Waals surface area contributed by atoms with Crippen molar-refractivity contribution >= 4 is 32.3 Å². The molecule has 4 aromatic rings. The van der Waals surface area contributed by atoms with Gasteiger partial charge < -0.3 is 0 Å². The maximum Gasteiger partial charge on any atom is 0.422 e. The van der Waals surface area contributed by atoms with Crippen LogP contribution >= 0.6 is 11.3 Å². The molecular formula is C18H6F8N2S. The van der Waals surface area contributed by atoms with Gasteiger partial charge in [0.15, 0.2) is 5.82 Å². The van der Waals surface area contributed by atoms with E-state index < -0.39 is 46.0 Å². The molecule has 2 nitrogen and oxygen atoms in total. The normalized spacial score (nSPS) is 12.8. The Morgan fingerprint density at radius 3 is 2.10 bits per heavy atom. The number of halogens is 8. The molecule has 0 saturated carbocycles. The van der Waals surface area contributed by atoms with Gasteiger partial charge in [-0.1, -0.05) is 18.2 Å². The summed E-state index contributed by atoms with van der Waals surface area (Å²) in [7, 11) is 0. The highest BCUT2D eigenvalue weighted by atomic mass is 32.1. The van der Waals surface area contributed by atoms with Crippen LogP contribution in [0.1, 0.15) is 11.1 Å². The molecular weight excluding hydrogens is 428 g/mol. The summed E-state index contributed by atoms with van der Waals surface area (Å²) in [6.07, 6.45) is -10.4. The smallest absolute Gasteiger partial charge is 0.205 e. The van der Waals surface area contributed by atoms with Crippen LogP contribution in [0.2, 0.25) is 0 Å². The Morgan fingerprint density at radius 2 is 1.48 bits per heavy atom. The minimum atomic E-state index is -5.69. The lowest BCUT2D eigenvalue weighted by Gasteiger charge is -2.18. The molecule has 0 atom stereocenters. The topological polar surface area (TPSA) is 25.8 Å². The van der Waals surface area contributed by atoms with Gasteiger partial charge in [0, 0.05) is 20.5 Å². The Kier molecular flexibility index (Phi) is 4.26. The first kappa shape index (κ1) is 19.5. The van der Waals surface area contributed by atoms with E-state index in [4.69, 9.17) is 0 Å². The van der Waals surface area contributed by atoms with Crippen molar-refractivity contribution in [2.75, 3.05) is 0 Å². The molecule has 0 unspecified atom stereocenters. The van der Waals surface area contributed by atoms with Gasteiger partial charge in [-0.25, -0.2) is 8.78 Å². The van der Waals surface area contributed by atoms with Crippen LogP contribution < -0.4 is 0 Å². The third-order valence-corrected chi connectivity index (χ3v) is 5.37. The Labute approximate surface area is 160 Å². The highest BCUT2D eigenvalue weighted by Crippen LogP contribution is 2.46. The fourth-order valence-electron chi connectivity index (χ4n) is 3.04. The van der Waals surface area contributed by atoms with E-state index in [2.05, 4.69) is 10.2 Å². The molecule has 2 aromatic carbocycles. The quantitative estimate of drug-likeness (QED) is 0.307. The molecule has 0 radical (unpaired) electrons. The molecule has 2 aromatic heterocycles. The molecule has 0 aliphatic heterocycles. The van der Waals surface area contributed by atoms with Crippen molar-refractivity contribution < 1.29 is 35.1 Å². The third-order valence-electron chi connectivity index (χ3n) is 4.22. The van der Waals surface area contributed by atoms with Gasteiger partial charge in [-0.05, 0) is 17.5 Å². The lowest BCUT2D eigenvalue weighted by Crippen LogP contribution is -2.19. The fourth-order valence-corrected chi connectivity index (χ4v) is 4.12. The van der Waals surface area contributed by atoms with Gasteiger partial charge in [-0.15, -0.1) is 16.4 Å². The molecule has 0 aliphatic carbocycles. The van der Waals surface area contributed by atoms with Gasteiger partial charge in [-0.3, -0.25) is 0 Å². The minimum Gasteiger partial charge on any atom is -0.205 e. The van der Waals surface area contributed by atoms with Crippen molar-refractivity contribution in [2.45, 2.75) is 12.4 Å². The van der Waals surface area contributed by atoms with Crippen molar-refractivity contribution in [1.29, 1.82) is 0 Å². The first-order valence-corrected chi connectivity index (χ1v) is 8.61. The predicted octanol–water partition coefficient (Wildman–Crippen LogP) is 6.83. The zero-order valence-corrected chi connectivity index (χ0v) is 14.6. The first-order chi connectivity index (χ1) is 13.5. The SMILES string of the molecule is Fc1c(C(F)(F)F)c(F)c2c(-c3cc4ccccc4s3)cnnc2c1C(F)(F)F. The number of fused-ring (bicyclic) bond motifs is 2. The summed E-state index contributed by atoms with van der Waals surface area (Å²) in [6, 6.07) is 8.19. The second kappa shape index (κ2) is 6.34. The zero-order valence-electron chi connectivity index (χ0n) is 13.8. The van der Waals surface area contributed by atoms with E-state index in [1.54, 1.807) is 24.3 Å². The first-order valence-electron chi connectivity index (χ1n) is 7.80. The molecule has 0 N–H and O–H groups in total. The maximum atomic E-state index is 14.8. The number of benzene rings is 2. The number of alkyl halides is 6. The Bertz CT molecular complexity index is 1220. The van der Waals surface area contributed by atoms with Crippen LogP contribution in [0.3, 0.4) is 0 Å². The highest BCUT2D eigenvalue weighted by Gasteiger charge is 2.47.